The molecule has 6 heteroatoms. The van der Waals surface area contributed by atoms with Gasteiger partial charge in [0, 0.05) is 7.05 Å². The zero-order valence-corrected chi connectivity index (χ0v) is 10.5. The lowest BCUT2D eigenvalue weighted by Gasteiger charge is -2.39. The lowest BCUT2D eigenvalue weighted by Crippen LogP contribution is -2.61. The fraction of sp³-hybridized carbons (Fsp3) is 0.385. The van der Waals surface area contributed by atoms with Gasteiger partial charge in [-0.25, -0.2) is 14.0 Å². The Morgan fingerprint density at radius 3 is 2.47 bits per heavy atom. The predicted octanol–water partition coefficient (Wildman–Crippen LogP) is 1.98. The van der Waals surface area contributed by atoms with E-state index in [4.69, 9.17) is 5.11 Å². The molecule has 1 aromatic rings. The zero-order chi connectivity index (χ0) is 14.0. The Hall–Kier alpha value is -2.11. The number of rotatable bonds is 3. The van der Waals surface area contributed by atoms with Gasteiger partial charge in [-0.3, -0.25) is 4.90 Å². The molecule has 0 unspecified atom stereocenters. The van der Waals surface area contributed by atoms with E-state index in [1.165, 1.54) is 25.2 Å². The van der Waals surface area contributed by atoms with Gasteiger partial charge in [-0.1, -0.05) is 12.1 Å². The molecule has 5 nitrogen and oxygen atoms in total. The summed E-state index contributed by atoms with van der Waals surface area (Å²) in [5.74, 6) is -1.58. The maximum absolute atomic E-state index is 13.5. The van der Waals surface area contributed by atoms with Gasteiger partial charge in [0.25, 0.3) is 0 Å². The van der Waals surface area contributed by atoms with Crippen LogP contribution in [0.2, 0.25) is 0 Å². The summed E-state index contributed by atoms with van der Waals surface area (Å²) in [7, 11) is 1.40. The van der Waals surface area contributed by atoms with Gasteiger partial charge in [0.05, 0.1) is 5.69 Å². The minimum atomic E-state index is -1.20. The molecule has 0 aliphatic heterocycles. The number of anilines is 1. The van der Waals surface area contributed by atoms with Gasteiger partial charge >= 0.3 is 12.0 Å². The third-order valence-electron chi connectivity index (χ3n) is 3.48. The molecule has 2 rings (SSSR count). The third kappa shape index (κ3) is 2.38. The Morgan fingerprint density at radius 1 is 1.37 bits per heavy atom. The number of benzene rings is 1. The number of halogens is 1. The van der Waals surface area contributed by atoms with Crippen molar-refractivity contribution in [2.45, 2.75) is 24.8 Å². The summed E-state index contributed by atoms with van der Waals surface area (Å²) >= 11 is 0. The molecular weight excluding hydrogens is 251 g/mol. The van der Waals surface area contributed by atoms with Crippen LogP contribution in [0.3, 0.4) is 0 Å². The second kappa shape index (κ2) is 4.87. The van der Waals surface area contributed by atoms with E-state index in [2.05, 4.69) is 5.32 Å². The fourth-order valence-electron chi connectivity index (χ4n) is 2.04. The molecule has 1 aliphatic rings. The zero-order valence-electron chi connectivity index (χ0n) is 10.5. The van der Waals surface area contributed by atoms with E-state index >= 15 is 0 Å². The van der Waals surface area contributed by atoms with Gasteiger partial charge in [0.15, 0.2) is 0 Å². The molecule has 0 radical (unpaired) electrons. The summed E-state index contributed by atoms with van der Waals surface area (Å²) in [6, 6.07) is 5.22. The van der Waals surface area contributed by atoms with Crippen molar-refractivity contribution >= 4 is 17.7 Å². The van der Waals surface area contributed by atoms with E-state index < -0.39 is 23.4 Å². The minimum Gasteiger partial charge on any atom is -0.480 e. The summed E-state index contributed by atoms with van der Waals surface area (Å²) in [6.45, 7) is 0. The van der Waals surface area contributed by atoms with Gasteiger partial charge in [-0.15, -0.1) is 0 Å². The highest BCUT2D eigenvalue weighted by molar-refractivity contribution is 5.95. The lowest BCUT2D eigenvalue weighted by atomic mass is 9.77. The Kier molecular flexibility index (Phi) is 3.42. The van der Waals surface area contributed by atoms with Gasteiger partial charge in [0.2, 0.25) is 0 Å². The van der Waals surface area contributed by atoms with E-state index in [0.717, 1.165) is 11.3 Å². The highest BCUT2D eigenvalue weighted by Gasteiger charge is 2.46. The van der Waals surface area contributed by atoms with Crippen LogP contribution < -0.4 is 10.2 Å². The Balaban J connectivity index is 2.12. The highest BCUT2D eigenvalue weighted by Crippen LogP contribution is 2.32. The molecule has 0 saturated heterocycles. The molecule has 1 aliphatic carbocycles. The van der Waals surface area contributed by atoms with E-state index in [1.807, 2.05) is 0 Å². The normalized spacial score (nSPS) is 16.3. The molecule has 1 saturated carbocycles. The number of carboxylic acids is 1. The first-order chi connectivity index (χ1) is 8.96. The average molecular weight is 266 g/mol. The number of nitrogens with zero attached hydrogens (tertiary/aromatic N) is 1. The van der Waals surface area contributed by atoms with Gasteiger partial charge in [-0.05, 0) is 31.4 Å². The number of amides is 2. The molecule has 2 amide bonds. The topological polar surface area (TPSA) is 69.6 Å². The van der Waals surface area contributed by atoms with Crippen LogP contribution in [-0.4, -0.2) is 29.7 Å². The first kappa shape index (κ1) is 13.3. The van der Waals surface area contributed by atoms with E-state index in [0.29, 0.717) is 12.8 Å². The van der Waals surface area contributed by atoms with Crippen LogP contribution in [0, 0.1) is 5.82 Å². The van der Waals surface area contributed by atoms with E-state index in [-0.39, 0.29) is 5.69 Å². The van der Waals surface area contributed by atoms with E-state index in [9.17, 15) is 14.0 Å². The summed E-state index contributed by atoms with van der Waals surface area (Å²) in [5.41, 5.74) is -1.09. The van der Waals surface area contributed by atoms with Gasteiger partial charge in [0.1, 0.15) is 11.4 Å². The van der Waals surface area contributed by atoms with Crippen LogP contribution in [0.4, 0.5) is 14.9 Å². The standard InChI is InChI=1S/C13H15FN2O3/c1-16(10-6-3-2-5-9(10)14)12(19)15-13(11(17)18)7-4-8-13/h2-3,5-6H,4,7-8H2,1H3,(H,15,19)(H,17,18). The summed E-state index contributed by atoms with van der Waals surface area (Å²) < 4.78 is 13.5. The molecule has 0 aromatic heterocycles. The third-order valence-corrected chi connectivity index (χ3v) is 3.48. The number of hydrogen-bond donors (Lipinski definition) is 2. The van der Waals surface area contributed by atoms with Crippen LogP contribution in [0.5, 0.6) is 0 Å². The molecule has 1 fully saturated rings. The van der Waals surface area contributed by atoms with Crippen LogP contribution in [-0.2, 0) is 4.79 Å². The maximum atomic E-state index is 13.5. The summed E-state index contributed by atoms with van der Waals surface area (Å²) in [6.07, 6.45) is 1.56. The monoisotopic (exact) mass is 266 g/mol. The van der Waals surface area contributed by atoms with E-state index in [1.54, 1.807) is 6.07 Å². The number of aliphatic carboxylic acids is 1. The molecular formula is C13H15FN2O3. The van der Waals surface area contributed by atoms with Crippen molar-refractivity contribution in [2.24, 2.45) is 0 Å². The van der Waals surface area contributed by atoms with Crippen LogP contribution >= 0.6 is 0 Å². The number of carboxylic acid groups (broad SMARTS) is 1. The summed E-state index contributed by atoms with van der Waals surface area (Å²) in [4.78, 5) is 24.2. The van der Waals surface area contributed by atoms with Gasteiger partial charge < -0.3 is 10.4 Å². The molecule has 102 valence electrons. The molecule has 0 bridgehead atoms. The number of para-hydroxylation sites is 1. The second-order valence-electron chi connectivity index (χ2n) is 4.68. The Bertz CT molecular complexity index is 514. The van der Waals surface area contributed by atoms with Crippen molar-refractivity contribution in [3.63, 3.8) is 0 Å². The smallest absolute Gasteiger partial charge is 0.329 e. The number of urea groups is 1. The van der Waals surface area contributed by atoms with Crippen LogP contribution in [0.15, 0.2) is 24.3 Å². The fourth-order valence-corrected chi connectivity index (χ4v) is 2.04. The first-order valence-electron chi connectivity index (χ1n) is 6.00. The minimum absolute atomic E-state index is 0.111. The predicted molar refractivity (Wildman–Crippen MR) is 67.6 cm³/mol. The Labute approximate surface area is 110 Å². The van der Waals surface area contributed by atoms with Crippen LogP contribution in [0.25, 0.3) is 0 Å². The first-order valence-corrected chi connectivity index (χ1v) is 6.00. The van der Waals surface area contributed by atoms with Crippen LogP contribution in [0.1, 0.15) is 19.3 Å². The molecule has 19 heavy (non-hydrogen) atoms. The highest BCUT2D eigenvalue weighted by atomic mass is 19.1. The molecule has 0 spiro atoms. The average Bonchev–Trinajstić information content (AvgIpc) is 2.32. The quantitative estimate of drug-likeness (QED) is 0.878. The lowest BCUT2D eigenvalue weighted by molar-refractivity contribution is -0.148. The Morgan fingerprint density at radius 2 is 2.00 bits per heavy atom. The van der Waals surface area contributed by atoms with Crippen molar-refractivity contribution in [2.75, 3.05) is 11.9 Å². The maximum Gasteiger partial charge on any atom is 0.329 e. The summed E-state index contributed by atoms with van der Waals surface area (Å²) in [5, 5.41) is 11.6. The second-order valence-corrected chi connectivity index (χ2v) is 4.68. The van der Waals surface area contributed by atoms with Crippen molar-refractivity contribution in [3.05, 3.63) is 30.1 Å². The molecule has 1 aromatic carbocycles. The SMILES string of the molecule is CN(C(=O)NC1(C(=O)O)CCC1)c1ccccc1F. The van der Waals surface area contributed by atoms with Crippen molar-refractivity contribution in [1.82, 2.24) is 5.32 Å². The molecule has 2 N–H and O–H groups in total. The van der Waals surface area contributed by atoms with Crippen molar-refractivity contribution in [1.29, 1.82) is 0 Å². The number of carbonyl (C=O) groups excluding carboxylic acids is 1. The van der Waals surface area contributed by atoms with Crippen molar-refractivity contribution < 1.29 is 19.1 Å². The van der Waals surface area contributed by atoms with Crippen molar-refractivity contribution in [3.8, 4) is 0 Å². The molecule has 0 heterocycles. The number of hydrogen-bond acceptors (Lipinski definition) is 2. The van der Waals surface area contributed by atoms with Gasteiger partial charge in [-0.2, -0.15) is 0 Å². The number of nitrogens with one attached hydrogen (secondary N) is 1. The largest absolute Gasteiger partial charge is 0.480 e. The molecule has 0 atom stereocenters. The number of carbonyl (C=O) groups is 2.